The van der Waals surface area contributed by atoms with Crippen LogP contribution in [-0.4, -0.2) is 9.78 Å². The molecule has 0 aliphatic rings. The van der Waals surface area contributed by atoms with Crippen LogP contribution in [0.3, 0.4) is 0 Å². The summed E-state index contributed by atoms with van der Waals surface area (Å²) in [6.07, 6.45) is 2.99. The first-order chi connectivity index (χ1) is 8.40. The zero-order valence-electron chi connectivity index (χ0n) is 10.3. The number of rotatable bonds is 2. The van der Waals surface area contributed by atoms with Crippen molar-refractivity contribution in [3.63, 3.8) is 0 Å². The third-order valence-electron chi connectivity index (χ3n) is 2.47. The van der Waals surface area contributed by atoms with Crippen molar-refractivity contribution in [3.05, 3.63) is 72.6 Å². The van der Waals surface area contributed by atoms with E-state index in [-0.39, 0.29) is 17.1 Å². The second kappa shape index (κ2) is 7.70. The third-order valence-corrected chi connectivity index (χ3v) is 2.47. The maximum atomic E-state index is 4.39. The Morgan fingerprint density at radius 3 is 2.11 bits per heavy atom. The number of aromatic nitrogens is 2. The molecule has 2 nitrogen and oxygen atoms in total. The predicted molar refractivity (Wildman–Crippen MR) is 70.6 cm³/mol. The van der Waals surface area contributed by atoms with Gasteiger partial charge in [0.2, 0.25) is 0 Å². The molecule has 18 heavy (non-hydrogen) atoms. The summed E-state index contributed by atoms with van der Waals surface area (Å²) in [5.41, 5.74) is 2.27. The van der Waals surface area contributed by atoms with Crippen LogP contribution < -0.4 is 0 Å². The molecule has 0 bridgehead atoms. The summed E-state index contributed by atoms with van der Waals surface area (Å²) >= 11 is 0. The smallest absolute Gasteiger partial charge is 0.0516 e. The molecule has 0 aliphatic carbocycles. The second-order valence-electron chi connectivity index (χ2n) is 3.71. The first-order valence-electron chi connectivity index (χ1n) is 5.83. The Balaban J connectivity index is 0.000000230. The molecule has 3 heteroatoms. The molecule has 1 aromatic heterocycles. The Morgan fingerprint density at radius 2 is 1.67 bits per heavy atom. The van der Waals surface area contributed by atoms with E-state index in [0.29, 0.717) is 0 Å². The molecule has 100 valence electrons. The van der Waals surface area contributed by atoms with Crippen molar-refractivity contribution < 1.29 is 17.1 Å². The van der Waals surface area contributed by atoms with Crippen molar-refractivity contribution in [3.8, 4) is 5.69 Å². The molecule has 0 aliphatic heterocycles. The molecule has 2 aromatic carbocycles. The van der Waals surface area contributed by atoms with Gasteiger partial charge in [-0.05, 0) is 18.3 Å². The average molecular weight is 280 g/mol. The van der Waals surface area contributed by atoms with E-state index < -0.39 is 0 Å². The van der Waals surface area contributed by atoms with Crippen LogP contribution in [0, 0.1) is 0 Å². The molecule has 0 radical (unpaired) electrons. The average Bonchev–Trinajstić information content (AvgIpc) is 3.12. The van der Waals surface area contributed by atoms with E-state index in [1.54, 1.807) is 0 Å². The number of aryl methyl sites for hydroxylation is 1. The Labute approximate surface area is 118 Å². The molecule has 0 unspecified atom stereocenters. The van der Waals surface area contributed by atoms with Gasteiger partial charge in [-0.15, -0.1) is 12.1 Å². The summed E-state index contributed by atoms with van der Waals surface area (Å²) in [6.45, 7) is 2.11. The fourth-order valence-corrected chi connectivity index (χ4v) is 1.53. The van der Waals surface area contributed by atoms with Crippen molar-refractivity contribution in [1.29, 1.82) is 0 Å². The van der Waals surface area contributed by atoms with Crippen molar-refractivity contribution in [2.24, 2.45) is 0 Å². The Morgan fingerprint density at radius 1 is 1.11 bits per heavy atom. The molecule has 0 saturated heterocycles. The van der Waals surface area contributed by atoms with E-state index in [0.717, 1.165) is 17.8 Å². The molecule has 0 amide bonds. The molecule has 0 saturated carbocycles. The van der Waals surface area contributed by atoms with Crippen LogP contribution in [0.5, 0.6) is 0 Å². The minimum atomic E-state index is 0. The van der Waals surface area contributed by atoms with Gasteiger partial charge in [0.15, 0.2) is 0 Å². The predicted octanol–water partition coefficient (Wildman–Crippen LogP) is 3.56. The quantitative estimate of drug-likeness (QED) is 0.518. The molecule has 0 spiro atoms. The molecule has 3 aromatic rings. The normalized spacial score (nSPS) is 9.17. The molecular weight excluding hydrogens is 264 g/mol. The van der Waals surface area contributed by atoms with E-state index in [1.165, 1.54) is 0 Å². The summed E-state index contributed by atoms with van der Waals surface area (Å²) in [5.74, 6) is 0. The number of nitrogens with zero attached hydrogens (tertiary/aromatic N) is 2. The number of hydrogen-bond acceptors (Lipinski definition) is 1. The van der Waals surface area contributed by atoms with Crippen molar-refractivity contribution in [2.45, 2.75) is 13.3 Å². The molecule has 1 heterocycles. The molecule has 0 fully saturated rings. The Bertz CT molecular complexity index is 489. The summed E-state index contributed by atoms with van der Waals surface area (Å²) in [4.78, 5) is 0. The summed E-state index contributed by atoms with van der Waals surface area (Å²) in [5, 5.41) is 4.39. The minimum absolute atomic E-state index is 0. The van der Waals surface area contributed by atoms with Gasteiger partial charge in [-0.3, -0.25) is 0 Å². The Kier molecular flexibility index (Phi) is 6.20. The van der Waals surface area contributed by atoms with Crippen LogP contribution in [0.2, 0.25) is 0 Å². The minimum Gasteiger partial charge on any atom is -0.748 e. The van der Waals surface area contributed by atoms with Crippen LogP contribution >= 0.6 is 0 Å². The zero-order valence-corrected chi connectivity index (χ0v) is 11.4. The number of hydrogen-bond donors (Lipinski definition) is 0. The van der Waals surface area contributed by atoms with Gasteiger partial charge in [-0.2, -0.15) is 17.2 Å². The Hall–Kier alpha value is -1.57. The topological polar surface area (TPSA) is 17.8 Å². The zero-order chi connectivity index (χ0) is 11.9. The molecule has 3 rings (SSSR count). The maximum Gasteiger partial charge on any atom is 0.0516 e. The SMILES string of the molecule is CCc1ccn(-[c-]2cccc2)n1.[Fe].[cH-]1[cH-][cH-][cH-][cH-]1. The first kappa shape index (κ1) is 14.5. The van der Waals surface area contributed by atoms with Crippen LogP contribution in [0.4, 0.5) is 0 Å². The van der Waals surface area contributed by atoms with E-state index in [2.05, 4.69) is 12.0 Å². The van der Waals surface area contributed by atoms with Crippen LogP contribution in [-0.2, 0) is 23.5 Å². The fraction of sp³-hybridized carbons (Fsp3) is 0.133. The van der Waals surface area contributed by atoms with Crippen LogP contribution in [0.25, 0.3) is 5.69 Å². The van der Waals surface area contributed by atoms with Gasteiger partial charge in [0.25, 0.3) is 0 Å². The maximum absolute atomic E-state index is 4.39. The molecular formula is C15H16FeN2-6. The van der Waals surface area contributed by atoms with E-state index in [4.69, 9.17) is 0 Å². The van der Waals surface area contributed by atoms with Gasteiger partial charge in [0.05, 0.1) is 5.69 Å². The monoisotopic (exact) mass is 280 g/mol. The van der Waals surface area contributed by atoms with Crippen molar-refractivity contribution in [2.75, 3.05) is 0 Å². The largest absolute Gasteiger partial charge is 0.748 e. The van der Waals surface area contributed by atoms with Gasteiger partial charge in [-0.25, -0.2) is 0 Å². The van der Waals surface area contributed by atoms with Gasteiger partial charge in [-0.1, -0.05) is 13.0 Å². The standard InChI is InChI=1S/C10H11N2.C5H5.Fe/c1-2-9-7-8-12(11-9)10-5-3-4-6-10;1-2-4-5-3-1;/h3-8H,2H2,1H3;1-5H;/q-1;-5;. The van der Waals surface area contributed by atoms with Gasteiger partial charge < -0.3 is 35.0 Å². The fourth-order valence-electron chi connectivity index (χ4n) is 1.53. The van der Waals surface area contributed by atoms with E-state index >= 15 is 0 Å². The summed E-state index contributed by atoms with van der Waals surface area (Å²) < 4.78 is 1.90. The van der Waals surface area contributed by atoms with Gasteiger partial charge >= 0.3 is 0 Å². The molecule has 0 atom stereocenters. The van der Waals surface area contributed by atoms with Crippen molar-refractivity contribution >= 4 is 0 Å². The second-order valence-corrected chi connectivity index (χ2v) is 3.71. The van der Waals surface area contributed by atoms with E-state index in [9.17, 15) is 0 Å². The van der Waals surface area contributed by atoms with Gasteiger partial charge in [0, 0.05) is 17.1 Å². The van der Waals surface area contributed by atoms with E-state index in [1.807, 2.05) is 71.5 Å². The third kappa shape index (κ3) is 4.02. The molecule has 0 N–H and O–H groups in total. The summed E-state index contributed by atoms with van der Waals surface area (Å²) in [7, 11) is 0. The summed E-state index contributed by atoms with van der Waals surface area (Å²) in [6, 6.07) is 20.2. The van der Waals surface area contributed by atoms with Gasteiger partial charge in [0.1, 0.15) is 0 Å². The first-order valence-corrected chi connectivity index (χ1v) is 5.83. The van der Waals surface area contributed by atoms with Crippen LogP contribution in [0.15, 0.2) is 66.9 Å². The van der Waals surface area contributed by atoms with Crippen molar-refractivity contribution in [1.82, 2.24) is 9.78 Å². The van der Waals surface area contributed by atoms with Crippen LogP contribution in [0.1, 0.15) is 12.6 Å².